The van der Waals surface area contributed by atoms with Gasteiger partial charge in [0.05, 0.1) is 0 Å². The van der Waals surface area contributed by atoms with Crippen molar-refractivity contribution in [1.29, 1.82) is 0 Å². The summed E-state index contributed by atoms with van der Waals surface area (Å²) in [4.78, 5) is 35.1. The Morgan fingerprint density at radius 1 is 0.615 bits per heavy atom. The first-order valence-electron chi connectivity index (χ1n) is 8.00. The lowest BCUT2D eigenvalue weighted by Gasteiger charge is -2.08. The molecule has 130 valence electrons. The molecule has 0 saturated carbocycles. The first kappa shape index (κ1) is 17.2. The summed E-state index contributed by atoms with van der Waals surface area (Å²) >= 11 is 0. The fraction of sp³-hybridized carbons (Fsp3) is 0.0500. The topological polar surface area (TPSA) is 87.3 Å². The SMILES string of the molecule is CC(=O)Nc1ccc(NC(=O)C(=O)Nc2ccc3ccccc3c2)cc1. The van der Waals surface area contributed by atoms with E-state index in [1.807, 2.05) is 36.4 Å². The number of hydrogen-bond donors (Lipinski definition) is 3. The van der Waals surface area contributed by atoms with Crippen LogP contribution in [-0.4, -0.2) is 17.7 Å². The molecule has 6 nitrogen and oxygen atoms in total. The van der Waals surface area contributed by atoms with E-state index in [9.17, 15) is 14.4 Å². The number of amides is 3. The van der Waals surface area contributed by atoms with Gasteiger partial charge in [0.2, 0.25) is 5.91 Å². The molecule has 0 fully saturated rings. The normalized spacial score (nSPS) is 10.2. The van der Waals surface area contributed by atoms with Gasteiger partial charge in [-0.2, -0.15) is 0 Å². The Morgan fingerprint density at radius 3 is 1.73 bits per heavy atom. The van der Waals surface area contributed by atoms with E-state index in [1.54, 1.807) is 30.3 Å². The van der Waals surface area contributed by atoms with Crippen molar-refractivity contribution in [2.24, 2.45) is 0 Å². The zero-order valence-corrected chi connectivity index (χ0v) is 14.1. The first-order chi connectivity index (χ1) is 12.5. The zero-order valence-electron chi connectivity index (χ0n) is 14.1. The lowest BCUT2D eigenvalue weighted by Crippen LogP contribution is -2.29. The van der Waals surface area contributed by atoms with Crippen LogP contribution in [0.15, 0.2) is 66.7 Å². The molecule has 3 aromatic carbocycles. The highest BCUT2D eigenvalue weighted by Crippen LogP contribution is 2.19. The van der Waals surface area contributed by atoms with Crippen LogP contribution in [-0.2, 0) is 14.4 Å². The Bertz CT molecular complexity index is 981. The second-order valence-corrected chi connectivity index (χ2v) is 5.73. The van der Waals surface area contributed by atoms with E-state index < -0.39 is 11.8 Å². The minimum atomic E-state index is -0.773. The predicted molar refractivity (Wildman–Crippen MR) is 102 cm³/mol. The van der Waals surface area contributed by atoms with Gasteiger partial charge in [-0.1, -0.05) is 30.3 Å². The summed E-state index contributed by atoms with van der Waals surface area (Å²) in [6, 6.07) is 19.7. The predicted octanol–water partition coefficient (Wildman–Crippen LogP) is 3.38. The largest absolute Gasteiger partial charge is 0.326 e. The molecular weight excluding hydrogens is 330 g/mol. The molecule has 3 amide bonds. The molecule has 3 N–H and O–H groups in total. The number of carbonyl (C=O) groups is 3. The molecule has 0 bridgehead atoms. The third-order valence-electron chi connectivity index (χ3n) is 3.68. The van der Waals surface area contributed by atoms with E-state index in [0.29, 0.717) is 17.1 Å². The van der Waals surface area contributed by atoms with Crippen molar-refractivity contribution < 1.29 is 14.4 Å². The van der Waals surface area contributed by atoms with Gasteiger partial charge in [0.25, 0.3) is 0 Å². The second-order valence-electron chi connectivity index (χ2n) is 5.73. The number of rotatable bonds is 3. The standard InChI is InChI=1S/C20H17N3O3/c1-13(24)21-16-8-10-17(11-9-16)22-19(25)20(26)23-18-7-6-14-4-2-3-5-15(14)12-18/h2-12H,1H3,(H,21,24)(H,22,25)(H,23,26). The summed E-state index contributed by atoms with van der Waals surface area (Å²) in [5.41, 5.74) is 1.61. The molecule has 0 aliphatic carbocycles. The van der Waals surface area contributed by atoms with Crippen molar-refractivity contribution in [1.82, 2.24) is 0 Å². The highest BCUT2D eigenvalue weighted by atomic mass is 16.2. The van der Waals surface area contributed by atoms with E-state index in [0.717, 1.165) is 10.8 Å². The summed E-state index contributed by atoms with van der Waals surface area (Å²) in [7, 11) is 0. The van der Waals surface area contributed by atoms with Crippen LogP contribution in [0, 0.1) is 0 Å². The number of hydrogen-bond acceptors (Lipinski definition) is 3. The fourth-order valence-corrected chi connectivity index (χ4v) is 2.48. The molecule has 0 spiro atoms. The maximum Gasteiger partial charge on any atom is 0.314 e. The Balaban J connectivity index is 1.63. The molecular formula is C20H17N3O3. The number of fused-ring (bicyclic) bond motifs is 1. The molecule has 0 aliphatic rings. The van der Waals surface area contributed by atoms with Gasteiger partial charge in [-0.05, 0) is 47.2 Å². The third kappa shape index (κ3) is 4.24. The van der Waals surface area contributed by atoms with Gasteiger partial charge in [0, 0.05) is 24.0 Å². The van der Waals surface area contributed by atoms with Crippen LogP contribution in [0.4, 0.5) is 17.1 Å². The molecule has 6 heteroatoms. The third-order valence-corrected chi connectivity index (χ3v) is 3.68. The summed E-state index contributed by atoms with van der Waals surface area (Å²) in [5, 5.41) is 9.75. The quantitative estimate of drug-likeness (QED) is 0.635. The van der Waals surface area contributed by atoms with E-state index in [-0.39, 0.29) is 5.91 Å². The maximum absolute atomic E-state index is 12.1. The Morgan fingerprint density at radius 2 is 1.12 bits per heavy atom. The van der Waals surface area contributed by atoms with E-state index in [2.05, 4.69) is 16.0 Å². The van der Waals surface area contributed by atoms with Crippen molar-refractivity contribution in [2.45, 2.75) is 6.92 Å². The van der Waals surface area contributed by atoms with Gasteiger partial charge in [-0.3, -0.25) is 14.4 Å². The first-order valence-corrected chi connectivity index (χ1v) is 8.00. The molecule has 0 aliphatic heterocycles. The smallest absolute Gasteiger partial charge is 0.314 e. The zero-order chi connectivity index (χ0) is 18.5. The fourth-order valence-electron chi connectivity index (χ4n) is 2.48. The van der Waals surface area contributed by atoms with Gasteiger partial charge in [-0.25, -0.2) is 0 Å². The summed E-state index contributed by atoms with van der Waals surface area (Å²) < 4.78 is 0. The van der Waals surface area contributed by atoms with Crippen LogP contribution in [0.1, 0.15) is 6.92 Å². The van der Waals surface area contributed by atoms with Crippen LogP contribution < -0.4 is 16.0 Å². The van der Waals surface area contributed by atoms with Crippen LogP contribution in [0.25, 0.3) is 10.8 Å². The van der Waals surface area contributed by atoms with Gasteiger partial charge >= 0.3 is 11.8 Å². The average Bonchev–Trinajstić information content (AvgIpc) is 2.62. The van der Waals surface area contributed by atoms with Crippen molar-refractivity contribution in [3.8, 4) is 0 Å². The van der Waals surface area contributed by atoms with Gasteiger partial charge in [0.15, 0.2) is 0 Å². The van der Waals surface area contributed by atoms with Crippen LogP contribution in [0.3, 0.4) is 0 Å². The molecule has 0 unspecified atom stereocenters. The lowest BCUT2D eigenvalue weighted by molar-refractivity contribution is -0.132. The van der Waals surface area contributed by atoms with Gasteiger partial charge in [-0.15, -0.1) is 0 Å². The molecule has 0 radical (unpaired) electrons. The summed E-state index contributed by atoms with van der Waals surface area (Å²) in [6.07, 6.45) is 0. The Kier molecular flexibility index (Phi) is 4.94. The molecule has 0 heterocycles. The average molecular weight is 347 g/mol. The summed E-state index contributed by atoms with van der Waals surface area (Å²) in [6.45, 7) is 1.41. The Labute approximate surface area is 150 Å². The molecule has 3 aromatic rings. The minimum Gasteiger partial charge on any atom is -0.326 e. The molecule has 0 saturated heterocycles. The number of anilines is 3. The minimum absolute atomic E-state index is 0.184. The number of nitrogens with one attached hydrogen (secondary N) is 3. The van der Waals surface area contributed by atoms with Crippen molar-refractivity contribution >= 4 is 45.6 Å². The van der Waals surface area contributed by atoms with Crippen molar-refractivity contribution in [3.05, 3.63) is 66.7 Å². The second kappa shape index (κ2) is 7.48. The Hall–Kier alpha value is -3.67. The molecule has 3 rings (SSSR count). The number of benzene rings is 3. The van der Waals surface area contributed by atoms with Crippen molar-refractivity contribution in [2.75, 3.05) is 16.0 Å². The van der Waals surface area contributed by atoms with E-state index in [4.69, 9.17) is 0 Å². The summed E-state index contributed by atoms with van der Waals surface area (Å²) in [5.74, 6) is -1.71. The van der Waals surface area contributed by atoms with Gasteiger partial charge in [0.1, 0.15) is 0 Å². The molecule has 0 aromatic heterocycles. The monoisotopic (exact) mass is 347 g/mol. The van der Waals surface area contributed by atoms with E-state index >= 15 is 0 Å². The lowest BCUT2D eigenvalue weighted by atomic mass is 10.1. The maximum atomic E-state index is 12.1. The van der Waals surface area contributed by atoms with Crippen LogP contribution in [0.2, 0.25) is 0 Å². The van der Waals surface area contributed by atoms with Crippen LogP contribution in [0.5, 0.6) is 0 Å². The van der Waals surface area contributed by atoms with Crippen LogP contribution >= 0.6 is 0 Å². The number of carbonyl (C=O) groups excluding carboxylic acids is 3. The van der Waals surface area contributed by atoms with Crippen molar-refractivity contribution in [3.63, 3.8) is 0 Å². The molecule has 0 atom stereocenters. The van der Waals surface area contributed by atoms with E-state index in [1.165, 1.54) is 6.92 Å². The molecule has 26 heavy (non-hydrogen) atoms. The van der Waals surface area contributed by atoms with Gasteiger partial charge < -0.3 is 16.0 Å². The highest BCUT2D eigenvalue weighted by Gasteiger charge is 2.14. The highest BCUT2D eigenvalue weighted by molar-refractivity contribution is 6.43.